The highest BCUT2D eigenvalue weighted by atomic mass is 16.6. The lowest BCUT2D eigenvalue weighted by atomic mass is 10.0. The van der Waals surface area contributed by atoms with Gasteiger partial charge in [0.2, 0.25) is 0 Å². The second kappa shape index (κ2) is 62.4. The van der Waals surface area contributed by atoms with E-state index in [1.807, 2.05) is 0 Å². The van der Waals surface area contributed by atoms with Gasteiger partial charge in [0.1, 0.15) is 13.2 Å². The van der Waals surface area contributed by atoms with Crippen molar-refractivity contribution >= 4 is 17.9 Å². The van der Waals surface area contributed by atoms with Gasteiger partial charge in [0.05, 0.1) is 0 Å². The average Bonchev–Trinajstić information content (AvgIpc) is 3.40. The Hall–Kier alpha value is -3.15. The summed E-state index contributed by atoms with van der Waals surface area (Å²) in [5.74, 6) is -0.954. The molecule has 1 unspecified atom stereocenters. The Kier molecular flexibility index (Phi) is 59.7. The van der Waals surface area contributed by atoms with E-state index < -0.39 is 6.10 Å². The molecule has 0 aromatic carbocycles. The topological polar surface area (TPSA) is 78.9 Å². The third-order valence-corrected chi connectivity index (χ3v) is 13.9. The lowest BCUT2D eigenvalue weighted by Crippen LogP contribution is -2.30. The number of ether oxygens (including phenoxy) is 3. The predicted molar refractivity (Wildman–Crippen MR) is 321 cm³/mol. The first kappa shape index (κ1) is 70.8. The van der Waals surface area contributed by atoms with Crippen LogP contribution in [0.5, 0.6) is 0 Å². The van der Waals surface area contributed by atoms with Gasteiger partial charge in [-0.2, -0.15) is 0 Å². The molecule has 0 amide bonds. The summed E-state index contributed by atoms with van der Waals surface area (Å²) < 4.78 is 16.7. The molecule has 0 saturated carbocycles. The van der Waals surface area contributed by atoms with Gasteiger partial charge in [-0.05, 0) is 83.5 Å². The maximum absolute atomic E-state index is 12.8. The molecule has 0 saturated heterocycles. The number of hydrogen-bond donors (Lipinski definition) is 0. The van der Waals surface area contributed by atoms with Crippen LogP contribution < -0.4 is 0 Å². The Morgan fingerprint density at radius 3 is 0.878 bits per heavy atom. The van der Waals surface area contributed by atoms with Crippen LogP contribution in [0.4, 0.5) is 0 Å². The van der Waals surface area contributed by atoms with Crippen molar-refractivity contribution in [2.45, 2.75) is 329 Å². The minimum Gasteiger partial charge on any atom is -0.462 e. The molecule has 428 valence electrons. The van der Waals surface area contributed by atoms with Gasteiger partial charge in [0, 0.05) is 19.3 Å². The minimum absolute atomic E-state index is 0.0953. The molecule has 1 atom stereocenters. The third kappa shape index (κ3) is 59.7. The van der Waals surface area contributed by atoms with Crippen LogP contribution in [0.1, 0.15) is 323 Å². The maximum atomic E-state index is 12.8. The molecular weight excluding hydrogens is 913 g/mol. The normalized spacial score (nSPS) is 12.5. The Labute approximate surface area is 459 Å². The molecular formula is C68H120O6. The molecule has 74 heavy (non-hydrogen) atoms. The molecule has 0 bridgehead atoms. The predicted octanol–water partition coefficient (Wildman–Crippen LogP) is 21.7. The summed E-state index contributed by atoms with van der Waals surface area (Å²) in [6.07, 6.45) is 81.2. The van der Waals surface area contributed by atoms with Crippen molar-refractivity contribution < 1.29 is 28.6 Å². The smallest absolute Gasteiger partial charge is 0.306 e. The number of carbonyl (C=O) groups is 3. The van der Waals surface area contributed by atoms with E-state index in [4.69, 9.17) is 14.2 Å². The second-order valence-electron chi connectivity index (χ2n) is 21.3. The van der Waals surface area contributed by atoms with Gasteiger partial charge >= 0.3 is 17.9 Å². The van der Waals surface area contributed by atoms with Crippen LogP contribution >= 0.6 is 0 Å². The van der Waals surface area contributed by atoms with Crippen molar-refractivity contribution in [3.05, 3.63) is 72.9 Å². The molecule has 0 aliphatic carbocycles. The first-order valence-electron chi connectivity index (χ1n) is 31.9. The van der Waals surface area contributed by atoms with Gasteiger partial charge in [-0.1, -0.05) is 293 Å². The SMILES string of the molecule is CC/C=C\C/C=C\C/C=C\C/C=C\C/C=C\CCCC(=O)OC(COC(=O)CCCCCCCC)COC(=O)CCCCCCCCCCCCCCCCCCCCCCC/C=C\CCCCCCCCCC. The number of hydrogen-bond acceptors (Lipinski definition) is 6. The molecule has 0 aliphatic heterocycles. The van der Waals surface area contributed by atoms with E-state index in [-0.39, 0.29) is 37.5 Å². The van der Waals surface area contributed by atoms with Crippen molar-refractivity contribution in [1.82, 2.24) is 0 Å². The molecule has 0 rings (SSSR count). The molecule has 0 radical (unpaired) electrons. The molecule has 0 aromatic heterocycles. The van der Waals surface area contributed by atoms with E-state index in [2.05, 4.69) is 93.7 Å². The number of allylic oxidation sites excluding steroid dienone is 12. The van der Waals surface area contributed by atoms with Crippen LogP contribution in [0, 0.1) is 0 Å². The number of unbranched alkanes of at least 4 members (excludes halogenated alkanes) is 35. The lowest BCUT2D eigenvalue weighted by molar-refractivity contribution is -0.167. The monoisotopic (exact) mass is 1030 g/mol. The van der Waals surface area contributed by atoms with Crippen molar-refractivity contribution in [3.63, 3.8) is 0 Å². The zero-order valence-electron chi connectivity index (χ0n) is 49.1. The van der Waals surface area contributed by atoms with Gasteiger partial charge in [-0.15, -0.1) is 0 Å². The molecule has 0 heterocycles. The Morgan fingerprint density at radius 1 is 0.284 bits per heavy atom. The van der Waals surface area contributed by atoms with Crippen LogP contribution in [0.25, 0.3) is 0 Å². The quantitative estimate of drug-likeness (QED) is 0.0261. The van der Waals surface area contributed by atoms with E-state index in [9.17, 15) is 14.4 Å². The highest BCUT2D eigenvalue weighted by Gasteiger charge is 2.19. The van der Waals surface area contributed by atoms with Crippen LogP contribution in [0.2, 0.25) is 0 Å². The van der Waals surface area contributed by atoms with Crippen LogP contribution in [-0.2, 0) is 28.6 Å². The maximum Gasteiger partial charge on any atom is 0.306 e. The summed E-state index contributed by atoms with van der Waals surface area (Å²) in [6.45, 7) is 6.44. The van der Waals surface area contributed by atoms with Crippen LogP contribution in [0.15, 0.2) is 72.9 Å². The van der Waals surface area contributed by atoms with Crippen molar-refractivity contribution in [2.24, 2.45) is 0 Å². The Bertz CT molecular complexity index is 1370. The Morgan fingerprint density at radius 2 is 0.541 bits per heavy atom. The fraction of sp³-hybridized carbons (Fsp3) is 0.779. The van der Waals surface area contributed by atoms with Gasteiger partial charge in [-0.25, -0.2) is 0 Å². The van der Waals surface area contributed by atoms with Crippen molar-refractivity contribution in [1.29, 1.82) is 0 Å². The summed E-state index contributed by atoms with van der Waals surface area (Å²) in [5.41, 5.74) is 0. The van der Waals surface area contributed by atoms with E-state index >= 15 is 0 Å². The minimum atomic E-state index is -0.801. The van der Waals surface area contributed by atoms with E-state index in [0.717, 1.165) is 77.0 Å². The highest BCUT2D eigenvalue weighted by molar-refractivity contribution is 5.71. The van der Waals surface area contributed by atoms with Gasteiger partial charge in [-0.3, -0.25) is 14.4 Å². The fourth-order valence-electron chi connectivity index (χ4n) is 9.18. The molecule has 0 N–H and O–H groups in total. The first-order chi connectivity index (χ1) is 36.5. The number of carbonyl (C=O) groups excluding carboxylic acids is 3. The zero-order valence-corrected chi connectivity index (χ0v) is 49.1. The second-order valence-corrected chi connectivity index (χ2v) is 21.3. The fourth-order valence-corrected chi connectivity index (χ4v) is 9.18. The van der Waals surface area contributed by atoms with E-state index in [0.29, 0.717) is 19.3 Å². The van der Waals surface area contributed by atoms with Gasteiger partial charge in [0.15, 0.2) is 6.10 Å². The highest BCUT2D eigenvalue weighted by Crippen LogP contribution is 2.17. The average molecular weight is 1030 g/mol. The van der Waals surface area contributed by atoms with Gasteiger partial charge in [0.25, 0.3) is 0 Å². The largest absolute Gasteiger partial charge is 0.462 e. The summed E-state index contributed by atoms with van der Waals surface area (Å²) in [7, 11) is 0. The molecule has 6 heteroatoms. The standard InChI is InChI=1S/C68H120O6/c1-4-7-10-13-16-18-20-22-24-26-27-28-29-30-31-32-33-34-35-36-37-38-39-40-41-43-44-46-48-50-52-55-58-61-67(70)73-64-65(63-72-66(69)60-57-54-15-12-9-6-3)74-68(71)62-59-56-53-51-49-47-45-42-25-23-21-19-17-14-11-8-5-2/h8,11,17,19,23,25-27,45,47,51,53,65H,4-7,9-10,12-16,18,20-22,24,28-44,46,48-50,52,54-64H2,1-3H3/b11-8-,19-17-,25-23-,27-26-,47-45-,53-51-. The summed E-state index contributed by atoms with van der Waals surface area (Å²) in [6, 6.07) is 0. The summed E-state index contributed by atoms with van der Waals surface area (Å²) >= 11 is 0. The van der Waals surface area contributed by atoms with E-state index in [1.54, 1.807) is 0 Å². The molecule has 0 fully saturated rings. The van der Waals surface area contributed by atoms with Crippen molar-refractivity contribution in [2.75, 3.05) is 13.2 Å². The molecule has 0 spiro atoms. The van der Waals surface area contributed by atoms with Crippen LogP contribution in [-0.4, -0.2) is 37.2 Å². The number of rotatable bonds is 58. The van der Waals surface area contributed by atoms with E-state index in [1.165, 1.54) is 199 Å². The lowest BCUT2D eigenvalue weighted by Gasteiger charge is -2.18. The van der Waals surface area contributed by atoms with Crippen molar-refractivity contribution in [3.8, 4) is 0 Å². The number of esters is 3. The molecule has 6 nitrogen and oxygen atoms in total. The zero-order chi connectivity index (χ0) is 53.6. The van der Waals surface area contributed by atoms with Gasteiger partial charge < -0.3 is 14.2 Å². The summed E-state index contributed by atoms with van der Waals surface area (Å²) in [4.78, 5) is 37.9. The molecule has 0 aliphatic rings. The Balaban J connectivity index is 3.99. The van der Waals surface area contributed by atoms with Crippen LogP contribution in [0.3, 0.4) is 0 Å². The third-order valence-electron chi connectivity index (χ3n) is 13.9. The summed E-state index contributed by atoms with van der Waals surface area (Å²) in [5, 5.41) is 0. The first-order valence-corrected chi connectivity index (χ1v) is 31.9. The molecule has 0 aromatic rings.